The Kier molecular flexibility index (Phi) is 7.00. The number of benzene rings is 1. The molecule has 1 aliphatic heterocycles. The highest BCUT2D eigenvalue weighted by Gasteiger charge is 2.41. The summed E-state index contributed by atoms with van der Waals surface area (Å²) in [7, 11) is -3.71. The number of ether oxygens (including phenoxy) is 1. The van der Waals surface area contributed by atoms with Gasteiger partial charge in [-0.15, -0.1) is 0 Å². The molecule has 0 spiro atoms. The maximum atomic E-state index is 12.8. The van der Waals surface area contributed by atoms with Crippen LogP contribution in [0.15, 0.2) is 29.2 Å². The minimum atomic E-state index is -4.24. The van der Waals surface area contributed by atoms with Gasteiger partial charge in [0, 0.05) is 13.1 Å². The van der Waals surface area contributed by atoms with E-state index < -0.39 is 29.0 Å². The van der Waals surface area contributed by atoms with Crippen molar-refractivity contribution in [3.8, 4) is 0 Å². The summed E-state index contributed by atoms with van der Waals surface area (Å²) in [6.07, 6.45) is -2.45. The molecule has 1 aromatic rings. The van der Waals surface area contributed by atoms with Crippen LogP contribution >= 0.6 is 0 Å². The molecule has 1 aliphatic rings. The number of nitrogens with zero attached hydrogens (tertiary/aromatic N) is 1. The van der Waals surface area contributed by atoms with Gasteiger partial charge in [0.25, 0.3) is 0 Å². The van der Waals surface area contributed by atoms with Crippen LogP contribution in [0.25, 0.3) is 0 Å². The number of piperidine rings is 1. The highest BCUT2D eigenvalue weighted by molar-refractivity contribution is 7.89. The molecular formula is C16H22F4N2O3S. The van der Waals surface area contributed by atoms with E-state index in [2.05, 4.69) is 4.74 Å². The monoisotopic (exact) mass is 398 g/mol. The summed E-state index contributed by atoms with van der Waals surface area (Å²) in [5.41, 5.74) is 5.92. The summed E-state index contributed by atoms with van der Waals surface area (Å²) in [6.45, 7) is -0.573. The maximum Gasteiger partial charge on any atom is 0.330 e. The third kappa shape index (κ3) is 5.15. The number of nitrogens with two attached hydrogens (primary N) is 1. The largest absolute Gasteiger partial charge is 0.370 e. The lowest BCUT2D eigenvalue weighted by molar-refractivity contribution is -0.168. The fourth-order valence-corrected chi connectivity index (χ4v) is 4.24. The van der Waals surface area contributed by atoms with E-state index in [0.717, 1.165) is 0 Å². The molecule has 1 fully saturated rings. The highest BCUT2D eigenvalue weighted by Crippen LogP contribution is 2.25. The van der Waals surface area contributed by atoms with Gasteiger partial charge in [0.1, 0.15) is 6.61 Å². The molecule has 0 amide bonds. The molecule has 0 aliphatic carbocycles. The van der Waals surface area contributed by atoms with Crippen LogP contribution in [-0.2, 0) is 21.4 Å². The van der Waals surface area contributed by atoms with Crippen LogP contribution in [0.5, 0.6) is 0 Å². The topological polar surface area (TPSA) is 72.6 Å². The third-order valence-electron chi connectivity index (χ3n) is 4.33. The lowest BCUT2D eigenvalue weighted by atomic mass is 9.99. The van der Waals surface area contributed by atoms with Gasteiger partial charge in [0.2, 0.25) is 10.0 Å². The van der Waals surface area contributed by atoms with Crippen molar-refractivity contribution in [1.29, 1.82) is 0 Å². The van der Waals surface area contributed by atoms with Crippen molar-refractivity contribution in [3.63, 3.8) is 0 Å². The first-order valence-corrected chi connectivity index (χ1v) is 9.63. The second-order valence-electron chi connectivity index (χ2n) is 6.29. The smallest absolute Gasteiger partial charge is 0.330 e. The first kappa shape index (κ1) is 21.1. The van der Waals surface area contributed by atoms with E-state index in [-0.39, 0.29) is 11.5 Å². The fraction of sp³-hybridized carbons (Fsp3) is 0.625. The number of halogens is 4. The molecular weight excluding hydrogens is 376 g/mol. The van der Waals surface area contributed by atoms with Gasteiger partial charge in [-0.1, -0.05) is 12.1 Å². The van der Waals surface area contributed by atoms with Crippen LogP contribution in [0, 0.1) is 5.92 Å². The van der Waals surface area contributed by atoms with Gasteiger partial charge in [-0.25, -0.2) is 17.2 Å². The van der Waals surface area contributed by atoms with Crippen LogP contribution in [0.3, 0.4) is 0 Å². The summed E-state index contributed by atoms with van der Waals surface area (Å²) in [6, 6.07) is 5.66. The van der Waals surface area contributed by atoms with Gasteiger partial charge < -0.3 is 10.5 Å². The van der Waals surface area contributed by atoms with E-state index >= 15 is 0 Å². The maximum absolute atomic E-state index is 12.8. The van der Waals surface area contributed by atoms with Crippen molar-refractivity contribution in [1.82, 2.24) is 4.31 Å². The average Bonchev–Trinajstić information content (AvgIpc) is 2.61. The SMILES string of the molecule is NCC1CCN(S(=O)(=O)c2cccc(COCC(F)(F)C(F)F)c2)CC1. The zero-order chi connectivity index (χ0) is 19.4. The number of hydrogen-bond donors (Lipinski definition) is 1. The Balaban J connectivity index is 2.02. The number of sulfonamides is 1. The Morgan fingerprint density at radius 3 is 2.50 bits per heavy atom. The molecule has 0 unspecified atom stereocenters. The molecule has 10 heteroatoms. The average molecular weight is 398 g/mol. The molecule has 1 saturated heterocycles. The van der Waals surface area contributed by atoms with Crippen LogP contribution in [0.1, 0.15) is 18.4 Å². The Morgan fingerprint density at radius 2 is 1.92 bits per heavy atom. The van der Waals surface area contributed by atoms with E-state index in [4.69, 9.17) is 5.73 Å². The summed E-state index contributed by atoms with van der Waals surface area (Å²) >= 11 is 0. The molecule has 0 radical (unpaired) electrons. The quantitative estimate of drug-likeness (QED) is 0.683. The Bertz CT molecular complexity index is 692. The van der Waals surface area contributed by atoms with E-state index in [1.807, 2.05) is 0 Å². The predicted molar refractivity (Wildman–Crippen MR) is 87.6 cm³/mol. The molecule has 0 aromatic heterocycles. The molecule has 0 saturated carbocycles. The van der Waals surface area contributed by atoms with E-state index in [1.165, 1.54) is 28.6 Å². The predicted octanol–water partition coefficient (Wildman–Crippen LogP) is 2.46. The van der Waals surface area contributed by atoms with Crippen molar-refractivity contribution in [2.45, 2.75) is 36.7 Å². The lowest BCUT2D eigenvalue weighted by Crippen LogP contribution is -2.40. The van der Waals surface area contributed by atoms with Gasteiger partial charge in [-0.2, -0.15) is 13.1 Å². The minimum Gasteiger partial charge on any atom is -0.370 e. The standard InChI is InChI=1S/C16H22F4N2O3S/c17-15(18)16(19,20)11-25-10-13-2-1-3-14(8-13)26(23,24)22-6-4-12(9-21)5-7-22/h1-3,8,12,15H,4-7,9-11,21H2. The summed E-state index contributed by atoms with van der Waals surface area (Å²) in [5, 5.41) is 0. The summed E-state index contributed by atoms with van der Waals surface area (Å²) in [5.74, 6) is -3.94. The van der Waals surface area contributed by atoms with Gasteiger partial charge in [-0.3, -0.25) is 0 Å². The van der Waals surface area contributed by atoms with Crippen LogP contribution in [0.4, 0.5) is 17.6 Å². The first-order valence-electron chi connectivity index (χ1n) is 8.19. The van der Waals surface area contributed by atoms with E-state index in [9.17, 15) is 26.0 Å². The lowest BCUT2D eigenvalue weighted by Gasteiger charge is -2.30. The van der Waals surface area contributed by atoms with Crippen molar-refractivity contribution in [3.05, 3.63) is 29.8 Å². The van der Waals surface area contributed by atoms with Crippen molar-refractivity contribution >= 4 is 10.0 Å². The Morgan fingerprint density at radius 1 is 1.27 bits per heavy atom. The van der Waals surface area contributed by atoms with E-state index in [0.29, 0.717) is 44.0 Å². The molecule has 148 valence electrons. The second-order valence-corrected chi connectivity index (χ2v) is 8.22. The number of hydrogen-bond acceptors (Lipinski definition) is 4. The van der Waals surface area contributed by atoms with E-state index in [1.54, 1.807) is 0 Å². The van der Waals surface area contributed by atoms with Gasteiger partial charge in [-0.05, 0) is 43.0 Å². The molecule has 0 atom stereocenters. The molecule has 2 rings (SSSR count). The normalized spacial score (nSPS) is 17.8. The zero-order valence-electron chi connectivity index (χ0n) is 14.1. The second kappa shape index (κ2) is 8.64. The molecule has 26 heavy (non-hydrogen) atoms. The number of alkyl halides is 4. The van der Waals surface area contributed by atoms with Gasteiger partial charge in [0.05, 0.1) is 11.5 Å². The van der Waals surface area contributed by atoms with Crippen molar-refractivity contribution in [2.24, 2.45) is 11.7 Å². The van der Waals surface area contributed by atoms with Crippen LogP contribution in [0.2, 0.25) is 0 Å². The third-order valence-corrected chi connectivity index (χ3v) is 6.22. The van der Waals surface area contributed by atoms with Crippen molar-refractivity contribution < 1.29 is 30.7 Å². The zero-order valence-corrected chi connectivity index (χ0v) is 14.9. The molecule has 1 aromatic carbocycles. The Labute approximate surface area is 150 Å². The molecule has 0 bridgehead atoms. The van der Waals surface area contributed by atoms with Crippen LogP contribution < -0.4 is 5.73 Å². The number of rotatable bonds is 8. The Hall–Kier alpha value is -1.23. The minimum absolute atomic E-state index is 0.0189. The van der Waals surface area contributed by atoms with Gasteiger partial charge >= 0.3 is 12.3 Å². The molecule has 1 heterocycles. The fourth-order valence-electron chi connectivity index (χ4n) is 2.70. The first-order chi connectivity index (χ1) is 12.2. The van der Waals surface area contributed by atoms with Gasteiger partial charge in [0.15, 0.2) is 0 Å². The summed E-state index contributed by atoms with van der Waals surface area (Å²) in [4.78, 5) is 0.0189. The van der Waals surface area contributed by atoms with Crippen molar-refractivity contribution in [2.75, 3.05) is 26.2 Å². The van der Waals surface area contributed by atoms with Crippen LogP contribution in [-0.4, -0.2) is 51.3 Å². The summed E-state index contributed by atoms with van der Waals surface area (Å²) < 4.78 is 81.2. The molecule has 5 nitrogen and oxygen atoms in total. The molecule has 2 N–H and O–H groups in total. The highest BCUT2D eigenvalue weighted by atomic mass is 32.2.